The molecule has 0 aliphatic carbocycles. The van der Waals surface area contributed by atoms with Crippen LogP contribution in [0.3, 0.4) is 0 Å². The topological polar surface area (TPSA) is 46.9 Å². The van der Waals surface area contributed by atoms with Crippen molar-refractivity contribution in [2.45, 2.75) is 45.7 Å². The van der Waals surface area contributed by atoms with Gasteiger partial charge in [0.15, 0.2) is 5.78 Å². The lowest BCUT2D eigenvalue weighted by Gasteiger charge is -2.10. The number of nitrogens with one attached hydrogen (secondary N) is 1. The maximum atomic E-state index is 12.5. The highest BCUT2D eigenvalue weighted by Crippen LogP contribution is 2.26. The average Bonchev–Trinajstić information content (AvgIpc) is 3.10. The van der Waals surface area contributed by atoms with E-state index >= 15 is 0 Å². The minimum atomic E-state index is -0.104. The lowest BCUT2D eigenvalue weighted by atomic mass is 10.0. The highest BCUT2D eigenvalue weighted by molar-refractivity contribution is 5.90. The normalized spacial score (nSPS) is 16.6. The summed E-state index contributed by atoms with van der Waals surface area (Å²) in [5.41, 5.74) is 4.41. The summed E-state index contributed by atoms with van der Waals surface area (Å²) in [7, 11) is 0. The zero-order chi connectivity index (χ0) is 14.8. The molecule has 1 unspecified atom stereocenters. The predicted molar refractivity (Wildman–Crippen MR) is 83.5 cm³/mol. The Morgan fingerprint density at radius 3 is 2.90 bits per heavy atom. The van der Waals surface area contributed by atoms with Crippen LogP contribution in [0.2, 0.25) is 0 Å². The van der Waals surface area contributed by atoms with Gasteiger partial charge in [-0.2, -0.15) is 5.10 Å². The van der Waals surface area contributed by atoms with Crippen LogP contribution in [0.4, 0.5) is 5.69 Å². The lowest BCUT2D eigenvalue weighted by molar-refractivity contribution is -0.119. The van der Waals surface area contributed by atoms with Crippen molar-refractivity contribution < 1.29 is 4.79 Å². The number of aromatic nitrogens is 2. The highest BCUT2D eigenvalue weighted by Gasteiger charge is 2.26. The van der Waals surface area contributed by atoms with E-state index < -0.39 is 0 Å². The largest absolute Gasteiger partial charge is 0.375 e. The summed E-state index contributed by atoms with van der Waals surface area (Å²) in [6.45, 7) is 4.95. The minimum absolute atomic E-state index is 0.104. The van der Waals surface area contributed by atoms with Gasteiger partial charge in [-0.05, 0) is 31.0 Å². The monoisotopic (exact) mass is 283 g/mol. The van der Waals surface area contributed by atoms with E-state index in [2.05, 4.69) is 36.4 Å². The molecule has 1 N–H and O–H groups in total. The number of carbonyl (C=O) groups excluding carboxylic acids is 1. The Balaban J connectivity index is 1.72. The Morgan fingerprint density at radius 1 is 1.38 bits per heavy atom. The molecule has 110 valence electrons. The molecule has 0 fully saturated rings. The number of nitrogens with zero attached hydrogens (tertiary/aromatic N) is 2. The van der Waals surface area contributed by atoms with Crippen molar-refractivity contribution in [1.82, 2.24) is 9.78 Å². The molecule has 1 aliphatic heterocycles. The van der Waals surface area contributed by atoms with Crippen molar-refractivity contribution in [3.05, 3.63) is 47.3 Å². The fourth-order valence-electron chi connectivity index (χ4n) is 2.90. The van der Waals surface area contributed by atoms with Crippen LogP contribution in [0.15, 0.2) is 30.3 Å². The first-order chi connectivity index (χ1) is 10.2. The highest BCUT2D eigenvalue weighted by atomic mass is 16.1. The van der Waals surface area contributed by atoms with Crippen molar-refractivity contribution >= 4 is 11.5 Å². The van der Waals surface area contributed by atoms with E-state index in [0.717, 1.165) is 36.5 Å². The van der Waals surface area contributed by atoms with E-state index in [1.54, 1.807) is 0 Å². The van der Waals surface area contributed by atoms with E-state index in [1.165, 1.54) is 5.56 Å². The van der Waals surface area contributed by atoms with Gasteiger partial charge in [-0.25, -0.2) is 0 Å². The number of carbonyl (C=O) groups is 1. The molecule has 2 aromatic rings. The van der Waals surface area contributed by atoms with Gasteiger partial charge in [0.1, 0.15) is 0 Å². The number of Topliss-reactive ketones (excluding diaryl/α,β-unsaturated/α-hetero) is 1. The summed E-state index contributed by atoms with van der Waals surface area (Å²) < 4.78 is 1.94. The van der Waals surface area contributed by atoms with E-state index in [-0.39, 0.29) is 11.8 Å². The first-order valence-electron chi connectivity index (χ1n) is 7.64. The maximum absolute atomic E-state index is 12.5. The molecule has 21 heavy (non-hydrogen) atoms. The quantitative estimate of drug-likeness (QED) is 0.917. The summed E-state index contributed by atoms with van der Waals surface area (Å²) in [4.78, 5) is 12.5. The molecule has 0 amide bonds. The molecule has 0 saturated carbocycles. The number of ketones is 1. The smallest absolute Gasteiger partial charge is 0.161 e. The molecule has 0 spiro atoms. The Morgan fingerprint density at radius 2 is 2.19 bits per heavy atom. The van der Waals surface area contributed by atoms with Crippen molar-refractivity contribution in [2.24, 2.45) is 0 Å². The zero-order valence-electron chi connectivity index (χ0n) is 12.6. The third-order valence-corrected chi connectivity index (χ3v) is 4.09. The molecule has 4 nitrogen and oxygen atoms in total. The summed E-state index contributed by atoms with van der Waals surface area (Å²) in [6, 6.07) is 10.1. The van der Waals surface area contributed by atoms with Crippen LogP contribution in [0.25, 0.3) is 0 Å². The second-order valence-corrected chi connectivity index (χ2v) is 5.50. The van der Waals surface area contributed by atoms with Gasteiger partial charge in [-0.3, -0.25) is 9.48 Å². The van der Waals surface area contributed by atoms with Crippen LogP contribution in [0, 0.1) is 0 Å². The first-order valence-corrected chi connectivity index (χ1v) is 7.64. The van der Waals surface area contributed by atoms with Gasteiger partial charge in [0.25, 0.3) is 0 Å². The van der Waals surface area contributed by atoms with E-state index in [0.29, 0.717) is 6.42 Å². The Labute approximate surface area is 125 Å². The van der Waals surface area contributed by atoms with Gasteiger partial charge < -0.3 is 5.32 Å². The number of para-hydroxylation sites is 1. The van der Waals surface area contributed by atoms with Crippen LogP contribution in [0.1, 0.15) is 30.8 Å². The molecule has 1 aliphatic rings. The number of benzene rings is 1. The molecule has 0 saturated heterocycles. The van der Waals surface area contributed by atoms with Crippen LogP contribution < -0.4 is 5.32 Å². The van der Waals surface area contributed by atoms with Crippen LogP contribution in [0.5, 0.6) is 0 Å². The van der Waals surface area contributed by atoms with Crippen molar-refractivity contribution in [3.8, 4) is 0 Å². The second-order valence-electron chi connectivity index (χ2n) is 5.50. The average molecular weight is 283 g/mol. The van der Waals surface area contributed by atoms with Crippen molar-refractivity contribution in [3.63, 3.8) is 0 Å². The molecular formula is C17H21N3O. The summed E-state index contributed by atoms with van der Waals surface area (Å²) in [5.74, 6) is 0.239. The van der Waals surface area contributed by atoms with E-state index in [1.807, 2.05) is 22.9 Å². The maximum Gasteiger partial charge on any atom is 0.161 e. The molecule has 4 heteroatoms. The molecule has 2 heterocycles. The SMILES string of the molecule is CCc1cc(CC(=O)C2Cc3ccccc3N2)n(CC)n1. The summed E-state index contributed by atoms with van der Waals surface area (Å²) >= 11 is 0. The van der Waals surface area contributed by atoms with Crippen molar-refractivity contribution in [1.29, 1.82) is 0 Å². The molecule has 3 rings (SSSR count). The van der Waals surface area contributed by atoms with Gasteiger partial charge in [-0.15, -0.1) is 0 Å². The standard InChI is InChI=1S/C17H21N3O/c1-3-13-10-14(20(4-2)19-13)11-17(21)16-9-12-7-5-6-8-15(12)18-16/h5-8,10,16,18H,3-4,9,11H2,1-2H3. The fourth-order valence-corrected chi connectivity index (χ4v) is 2.90. The predicted octanol–water partition coefficient (Wildman–Crippen LogP) is 2.61. The second kappa shape index (κ2) is 5.72. The number of rotatable bonds is 5. The van der Waals surface area contributed by atoms with Crippen LogP contribution in [-0.2, 0) is 30.6 Å². The number of hydrogen-bond acceptors (Lipinski definition) is 3. The Kier molecular flexibility index (Phi) is 3.78. The Bertz CT molecular complexity index is 635. The molecule has 1 aromatic carbocycles. The third-order valence-electron chi connectivity index (χ3n) is 4.09. The Hall–Kier alpha value is -2.10. The van der Waals surface area contributed by atoms with Gasteiger partial charge in [0.2, 0.25) is 0 Å². The van der Waals surface area contributed by atoms with Crippen molar-refractivity contribution in [2.75, 3.05) is 5.32 Å². The van der Waals surface area contributed by atoms with Gasteiger partial charge in [-0.1, -0.05) is 25.1 Å². The zero-order valence-corrected chi connectivity index (χ0v) is 12.6. The number of aryl methyl sites for hydroxylation is 2. The fraction of sp³-hybridized carbons (Fsp3) is 0.412. The molecular weight excluding hydrogens is 262 g/mol. The van der Waals surface area contributed by atoms with Crippen LogP contribution in [-0.4, -0.2) is 21.6 Å². The first kappa shape index (κ1) is 13.9. The molecule has 0 bridgehead atoms. The number of anilines is 1. The van der Waals surface area contributed by atoms with Gasteiger partial charge in [0.05, 0.1) is 18.2 Å². The summed E-state index contributed by atoms with van der Waals surface area (Å²) in [6.07, 6.45) is 2.14. The molecule has 0 radical (unpaired) electrons. The van der Waals surface area contributed by atoms with E-state index in [4.69, 9.17) is 0 Å². The number of fused-ring (bicyclic) bond motifs is 1. The third kappa shape index (κ3) is 2.71. The van der Waals surface area contributed by atoms with Crippen LogP contribution >= 0.6 is 0 Å². The summed E-state index contributed by atoms with van der Waals surface area (Å²) in [5, 5.41) is 7.84. The van der Waals surface area contributed by atoms with Gasteiger partial charge in [0, 0.05) is 24.3 Å². The molecule has 1 atom stereocenters. The van der Waals surface area contributed by atoms with Gasteiger partial charge >= 0.3 is 0 Å². The van der Waals surface area contributed by atoms with E-state index in [9.17, 15) is 4.79 Å². The number of hydrogen-bond donors (Lipinski definition) is 1. The lowest BCUT2D eigenvalue weighted by Crippen LogP contribution is -2.29. The minimum Gasteiger partial charge on any atom is -0.375 e. The molecule has 1 aromatic heterocycles.